The van der Waals surface area contributed by atoms with Crippen molar-refractivity contribution in [3.8, 4) is 0 Å². The van der Waals surface area contributed by atoms with Gasteiger partial charge in [-0.3, -0.25) is 0 Å². The Bertz CT molecular complexity index is 489. The average molecular weight is 209 g/mol. The minimum atomic E-state index is -3.07. The molecular weight excluding hydrogens is 198 g/mol. The molecule has 1 N–H and O–H groups in total. The molecule has 3 rings (SSSR count). The second-order valence-electron chi connectivity index (χ2n) is 4.04. The SMILES string of the molecule is O=S1(=O)c2ccccc2NCC12CC2. The Morgan fingerprint density at radius 2 is 1.93 bits per heavy atom. The standard InChI is InChI=1S/C10H11NO2S/c12-14(13)9-4-2-1-3-8(9)11-7-10(14)5-6-10/h1-4,11H,5-7H2. The Morgan fingerprint density at radius 1 is 1.21 bits per heavy atom. The molecule has 1 spiro atoms. The summed E-state index contributed by atoms with van der Waals surface area (Å²) in [5.41, 5.74) is 0.755. The van der Waals surface area contributed by atoms with E-state index in [4.69, 9.17) is 0 Å². The Balaban J connectivity index is 2.27. The van der Waals surface area contributed by atoms with Gasteiger partial charge in [0.2, 0.25) is 0 Å². The van der Waals surface area contributed by atoms with Crippen LogP contribution in [-0.2, 0) is 9.84 Å². The van der Waals surface area contributed by atoms with Crippen LogP contribution in [0.25, 0.3) is 0 Å². The zero-order chi connectivity index (χ0) is 9.81. The molecule has 2 aliphatic rings. The third-order valence-electron chi connectivity index (χ3n) is 3.16. The molecule has 74 valence electrons. The van der Waals surface area contributed by atoms with E-state index in [2.05, 4.69) is 5.32 Å². The third kappa shape index (κ3) is 0.843. The third-order valence-corrected chi connectivity index (χ3v) is 5.78. The molecule has 1 aliphatic carbocycles. The maximum atomic E-state index is 12.1. The van der Waals surface area contributed by atoms with Gasteiger partial charge in [0.1, 0.15) is 0 Å². The largest absolute Gasteiger partial charge is 0.382 e. The van der Waals surface area contributed by atoms with Gasteiger partial charge in [0, 0.05) is 6.54 Å². The molecule has 1 aromatic carbocycles. The number of anilines is 1. The molecule has 0 bridgehead atoms. The molecular formula is C10H11NO2S. The quantitative estimate of drug-likeness (QED) is 0.703. The summed E-state index contributed by atoms with van der Waals surface area (Å²) in [5.74, 6) is 0. The van der Waals surface area contributed by atoms with Gasteiger partial charge in [0.25, 0.3) is 0 Å². The minimum absolute atomic E-state index is 0.471. The number of sulfone groups is 1. The van der Waals surface area contributed by atoms with Crippen LogP contribution in [0.4, 0.5) is 5.69 Å². The van der Waals surface area contributed by atoms with E-state index >= 15 is 0 Å². The molecule has 3 nitrogen and oxygen atoms in total. The molecule has 1 aliphatic heterocycles. The van der Waals surface area contributed by atoms with Crippen molar-refractivity contribution in [2.45, 2.75) is 22.5 Å². The van der Waals surface area contributed by atoms with Gasteiger partial charge in [-0.1, -0.05) is 12.1 Å². The number of nitrogens with one attached hydrogen (secondary N) is 1. The van der Waals surface area contributed by atoms with E-state index < -0.39 is 14.6 Å². The summed E-state index contributed by atoms with van der Waals surface area (Å²) in [6.07, 6.45) is 1.60. The van der Waals surface area contributed by atoms with Crippen LogP contribution < -0.4 is 5.32 Å². The van der Waals surface area contributed by atoms with E-state index in [0.29, 0.717) is 11.4 Å². The predicted molar refractivity (Wildman–Crippen MR) is 54.1 cm³/mol. The molecule has 0 atom stereocenters. The van der Waals surface area contributed by atoms with Crippen LogP contribution in [0.15, 0.2) is 29.2 Å². The highest BCUT2D eigenvalue weighted by molar-refractivity contribution is 7.93. The van der Waals surface area contributed by atoms with E-state index in [-0.39, 0.29) is 0 Å². The van der Waals surface area contributed by atoms with Crippen molar-refractivity contribution in [2.75, 3.05) is 11.9 Å². The van der Waals surface area contributed by atoms with Crippen LogP contribution in [-0.4, -0.2) is 19.7 Å². The highest BCUT2D eigenvalue weighted by Crippen LogP contribution is 2.50. The monoisotopic (exact) mass is 209 g/mol. The molecule has 0 unspecified atom stereocenters. The summed E-state index contributed by atoms with van der Waals surface area (Å²) in [5, 5.41) is 3.19. The van der Waals surface area contributed by atoms with Crippen molar-refractivity contribution in [3.63, 3.8) is 0 Å². The number of hydrogen-bond acceptors (Lipinski definition) is 3. The van der Waals surface area contributed by atoms with E-state index in [1.54, 1.807) is 12.1 Å². The first-order chi connectivity index (χ1) is 6.66. The Labute approximate surface area is 83.1 Å². The molecule has 0 radical (unpaired) electrons. The summed E-state index contributed by atoms with van der Waals surface area (Å²) < 4.78 is 23.8. The molecule has 1 heterocycles. The number of fused-ring (bicyclic) bond motifs is 1. The molecule has 1 aromatic rings. The van der Waals surface area contributed by atoms with Crippen molar-refractivity contribution < 1.29 is 8.42 Å². The van der Waals surface area contributed by atoms with Gasteiger partial charge in [-0.15, -0.1) is 0 Å². The maximum Gasteiger partial charge on any atom is 0.187 e. The Morgan fingerprint density at radius 3 is 2.64 bits per heavy atom. The molecule has 14 heavy (non-hydrogen) atoms. The lowest BCUT2D eigenvalue weighted by Gasteiger charge is -2.25. The molecule has 4 heteroatoms. The van der Waals surface area contributed by atoms with Crippen LogP contribution in [0, 0.1) is 0 Å². The van der Waals surface area contributed by atoms with Gasteiger partial charge >= 0.3 is 0 Å². The average Bonchev–Trinajstić information content (AvgIpc) is 2.95. The van der Waals surface area contributed by atoms with Crippen molar-refractivity contribution in [1.29, 1.82) is 0 Å². The fourth-order valence-corrected chi connectivity index (χ4v) is 4.07. The van der Waals surface area contributed by atoms with Crippen LogP contribution in [0.2, 0.25) is 0 Å². The van der Waals surface area contributed by atoms with Crippen molar-refractivity contribution in [1.82, 2.24) is 0 Å². The van der Waals surface area contributed by atoms with Crippen molar-refractivity contribution >= 4 is 15.5 Å². The number of hydrogen-bond donors (Lipinski definition) is 1. The van der Waals surface area contributed by atoms with Gasteiger partial charge in [-0.2, -0.15) is 0 Å². The molecule has 0 saturated heterocycles. The Hall–Kier alpha value is -1.03. The molecule has 0 aromatic heterocycles. The first kappa shape index (κ1) is 8.29. The van der Waals surface area contributed by atoms with Crippen LogP contribution in [0.3, 0.4) is 0 Å². The van der Waals surface area contributed by atoms with Gasteiger partial charge < -0.3 is 5.32 Å². The van der Waals surface area contributed by atoms with Crippen LogP contribution >= 0.6 is 0 Å². The summed E-state index contributed by atoms with van der Waals surface area (Å²) in [4.78, 5) is 0.476. The normalized spacial score (nSPS) is 25.1. The Kier molecular flexibility index (Phi) is 1.37. The van der Waals surface area contributed by atoms with Gasteiger partial charge in [-0.25, -0.2) is 8.42 Å². The van der Waals surface area contributed by atoms with E-state index in [0.717, 1.165) is 18.5 Å². The highest BCUT2D eigenvalue weighted by Gasteiger charge is 2.57. The second kappa shape index (κ2) is 2.31. The summed E-state index contributed by atoms with van der Waals surface area (Å²) >= 11 is 0. The summed E-state index contributed by atoms with van der Waals surface area (Å²) in [6, 6.07) is 7.14. The number of benzene rings is 1. The zero-order valence-corrected chi connectivity index (χ0v) is 8.47. The maximum absolute atomic E-state index is 12.1. The first-order valence-corrected chi connectivity index (χ1v) is 6.22. The fraction of sp³-hybridized carbons (Fsp3) is 0.400. The topological polar surface area (TPSA) is 46.2 Å². The van der Waals surface area contributed by atoms with E-state index in [1.165, 1.54) is 0 Å². The first-order valence-electron chi connectivity index (χ1n) is 4.73. The van der Waals surface area contributed by atoms with Crippen molar-refractivity contribution in [2.24, 2.45) is 0 Å². The number of para-hydroxylation sites is 1. The van der Waals surface area contributed by atoms with Crippen LogP contribution in [0.1, 0.15) is 12.8 Å². The van der Waals surface area contributed by atoms with Crippen molar-refractivity contribution in [3.05, 3.63) is 24.3 Å². The van der Waals surface area contributed by atoms with Gasteiger partial charge in [0.05, 0.1) is 15.3 Å². The van der Waals surface area contributed by atoms with Crippen LogP contribution in [0.5, 0.6) is 0 Å². The second-order valence-corrected chi connectivity index (χ2v) is 6.35. The lowest BCUT2D eigenvalue weighted by molar-refractivity contribution is 0.576. The predicted octanol–water partition coefficient (Wildman–Crippen LogP) is 1.42. The fourth-order valence-electron chi connectivity index (χ4n) is 2.02. The van der Waals surface area contributed by atoms with E-state index in [1.807, 2.05) is 12.1 Å². The highest BCUT2D eigenvalue weighted by atomic mass is 32.2. The lowest BCUT2D eigenvalue weighted by Crippen LogP contribution is -2.36. The molecule has 1 saturated carbocycles. The molecule has 1 fully saturated rings. The lowest BCUT2D eigenvalue weighted by atomic mass is 10.3. The van der Waals surface area contributed by atoms with Gasteiger partial charge in [0.15, 0.2) is 9.84 Å². The molecule has 0 amide bonds. The van der Waals surface area contributed by atoms with E-state index in [9.17, 15) is 8.42 Å². The van der Waals surface area contributed by atoms with Gasteiger partial charge in [-0.05, 0) is 25.0 Å². The smallest absolute Gasteiger partial charge is 0.187 e. The summed E-state index contributed by atoms with van der Waals surface area (Å²) in [6.45, 7) is 0.576. The number of rotatable bonds is 0. The summed E-state index contributed by atoms with van der Waals surface area (Å²) in [7, 11) is -3.07. The zero-order valence-electron chi connectivity index (χ0n) is 7.66. The minimum Gasteiger partial charge on any atom is -0.382 e.